The van der Waals surface area contributed by atoms with Gasteiger partial charge in [-0.15, -0.1) is 0 Å². The normalized spacial score (nSPS) is 22.0. The van der Waals surface area contributed by atoms with E-state index in [2.05, 4.69) is 24.3 Å². The number of benzene rings is 1. The van der Waals surface area contributed by atoms with E-state index in [9.17, 15) is 9.59 Å². The van der Waals surface area contributed by atoms with Gasteiger partial charge in [0.05, 0.1) is 5.92 Å². The molecule has 1 aromatic rings. The molecular formula is C20H28N2O3. The Morgan fingerprint density at radius 3 is 2.44 bits per heavy atom. The van der Waals surface area contributed by atoms with Crippen molar-refractivity contribution in [1.29, 1.82) is 0 Å². The number of carbonyl (C=O) groups excluding carboxylic acids is 2. The molecule has 1 aromatic carbocycles. The summed E-state index contributed by atoms with van der Waals surface area (Å²) < 4.78 is 4.94. The van der Waals surface area contributed by atoms with Crippen LogP contribution in [0.4, 0.5) is 0 Å². The minimum atomic E-state index is -0.0529. The number of rotatable bonds is 4. The summed E-state index contributed by atoms with van der Waals surface area (Å²) in [6.07, 6.45) is 3.82. The topological polar surface area (TPSA) is 49.9 Å². The number of piperidine rings is 2. The van der Waals surface area contributed by atoms with Crippen molar-refractivity contribution in [1.82, 2.24) is 9.80 Å². The molecule has 0 aliphatic carbocycles. The zero-order valence-corrected chi connectivity index (χ0v) is 15.0. The van der Waals surface area contributed by atoms with Gasteiger partial charge in [-0.3, -0.25) is 9.59 Å². The molecule has 0 N–H and O–H groups in total. The van der Waals surface area contributed by atoms with Crippen LogP contribution in [-0.2, 0) is 14.3 Å². The van der Waals surface area contributed by atoms with Gasteiger partial charge in [-0.05, 0) is 37.2 Å². The van der Waals surface area contributed by atoms with E-state index in [1.807, 2.05) is 11.0 Å². The van der Waals surface area contributed by atoms with Crippen LogP contribution in [0.5, 0.6) is 0 Å². The maximum Gasteiger partial charge on any atom is 0.248 e. The predicted molar refractivity (Wildman–Crippen MR) is 96.2 cm³/mol. The summed E-state index contributed by atoms with van der Waals surface area (Å²) in [5.74, 6) is 0.712. The minimum absolute atomic E-state index is 0.0113. The van der Waals surface area contributed by atoms with Crippen LogP contribution in [0.3, 0.4) is 0 Å². The first-order valence-electron chi connectivity index (χ1n) is 9.29. The van der Waals surface area contributed by atoms with Gasteiger partial charge in [0.15, 0.2) is 0 Å². The highest BCUT2D eigenvalue weighted by Crippen LogP contribution is 2.29. The smallest absolute Gasteiger partial charge is 0.248 e. The number of carbonyl (C=O) groups is 2. The molecule has 5 heteroatoms. The first-order valence-corrected chi connectivity index (χ1v) is 9.29. The molecule has 2 aliphatic heterocycles. The number of hydrogen-bond acceptors (Lipinski definition) is 3. The second kappa shape index (κ2) is 8.48. The van der Waals surface area contributed by atoms with E-state index in [1.165, 1.54) is 12.7 Å². The first-order chi connectivity index (χ1) is 12.2. The van der Waals surface area contributed by atoms with Crippen LogP contribution < -0.4 is 0 Å². The quantitative estimate of drug-likeness (QED) is 0.842. The summed E-state index contributed by atoms with van der Waals surface area (Å²) in [6.45, 7) is 3.02. The van der Waals surface area contributed by atoms with Crippen molar-refractivity contribution in [3.63, 3.8) is 0 Å². The van der Waals surface area contributed by atoms with Crippen LogP contribution in [0, 0.1) is 5.92 Å². The third-order valence-corrected chi connectivity index (χ3v) is 5.47. The molecule has 0 aromatic heterocycles. The Bertz CT molecular complexity index is 582. The molecular weight excluding hydrogens is 316 g/mol. The molecule has 25 heavy (non-hydrogen) atoms. The molecule has 5 nitrogen and oxygen atoms in total. The standard InChI is InChI=1S/C20H28N2O3/c1-25-15-19(23)22-11-5-8-18(14-22)20(24)21-12-9-17(10-13-21)16-6-3-2-4-7-16/h2-4,6-7,17-18H,5,8-15H2,1H3. The molecule has 136 valence electrons. The fourth-order valence-electron chi connectivity index (χ4n) is 4.04. The number of likely N-dealkylation sites (tertiary alicyclic amines) is 2. The lowest BCUT2D eigenvalue weighted by atomic mass is 9.88. The predicted octanol–water partition coefficient (Wildman–Crippen LogP) is 2.28. The van der Waals surface area contributed by atoms with Gasteiger partial charge in [0.25, 0.3) is 0 Å². The number of amides is 2. The fourth-order valence-corrected chi connectivity index (χ4v) is 4.04. The summed E-state index contributed by atoms with van der Waals surface area (Å²) in [6, 6.07) is 10.6. The Labute approximate surface area is 149 Å². The number of hydrogen-bond donors (Lipinski definition) is 0. The average Bonchev–Trinajstić information content (AvgIpc) is 2.68. The second-order valence-electron chi connectivity index (χ2n) is 7.12. The minimum Gasteiger partial charge on any atom is -0.375 e. The summed E-state index contributed by atoms with van der Waals surface area (Å²) in [5, 5.41) is 0. The van der Waals surface area contributed by atoms with Gasteiger partial charge in [-0.25, -0.2) is 0 Å². The molecule has 0 bridgehead atoms. The average molecular weight is 344 g/mol. The number of nitrogens with zero attached hydrogens (tertiary/aromatic N) is 2. The second-order valence-corrected chi connectivity index (χ2v) is 7.12. The summed E-state index contributed by atoms with van der Waals surface area (Å²) in [7, 11) is 1.53. The monoisotopic (exact) mass is 344 g/mol. The van der Waals surface area contributed by atoms with Crippen molar-refractivity contribution in [3.8, 4) is 0 Å². The zero-order chi connectivity index (χ0) is 17.6. The Kier molecular flexibility index (Phi) is 6.08. The van der Waals surface area contributed by atoms with Crippen molar-refractivity contribution in [3.05, 3.63) is 35.9 Å². The summed E-state index contributed by atoms with van der Waals surface area (Å²) >= 11 is 0. The van der Waals surface area contributed by atoms with Gasteiger partial charge in [0.1, 0.15) is 6.61 Å². The zero-order valence-electron chi connectivity index (χ0n) is 15.0. The molecule has 2 heterocycles. The molecule has 2 fully saturated rings. The van der Waals surface area contributed by atoms with E-state index in [-0.39, 0.29) is 24.3 Å². The Balaban J connectivity index is 1.53. The van der Waals surface area contributed by atoms with E-state index in [1.54, 1.807) is 4.90 Å². The van der Waals surface area contributed by atoms with Gasteiger partial charge in [-0.1, -0.05) is 30.3 Å². The van der Waals surface area contributed by atoms with Gasteiger partial charge in [0.2, 0.25) is 11.8 Å². The van der Waals surface area contributed by atoms with E-state index in [0.717, 1.165) is 45.3 Å². The van der Waals surface area contributed by atoms with Crippen molar-refractivity contribution >= 4 is 11.8 Å². The van der Waals surface area contributed by atoms with Gasteiger partial charge < -0.3 is 14.5 Å². The van der Waals surface area contributed by atoms with Crippen molar-refractivity contribution < 1.29 is 14.3 Å². The SMILES string of the molecule is COCC(=O)N1CCCC(C(=O)N2CCC(c3ccccc3)CC2)C1. The molecule has 2 aliphatic rings. The van der Waals surface area contributed by atoms with Crippen LogP contribution in [0.1, 0.15) is 37.2 Å². The van der Waals surface area contributed by atoms with Gasteiger partial charge in [-0.2, -0.15) is 0 Å². The Hall–Kier alpha value is -1.88. The van der Waals surface area contributed by atoms with Crippen LogP contribution in [0.2, 0.25) is 0 Å². The highest BCUT2D eigenvalue weighted by atomic mass is 16.5. The first kappa shape index (κ1) is 17.9. The summed E-state index contributed by atoms with van der Waals surface area (Å²) in [5.41, 5.74) is 1.38. The van der Waals surface area contributed by atoms with Crippen molar-refractivity contribution in [2.24, 2.45) is 5.92 Å². The molecule has 0 spiro atoms. The highest BCUT2D eigenvalue weighted by Gasteiger charge is 2.33. The van der Waals surface area contributed by atoms with Gasteiger partial charge >= 0.3 is 0 Å². The maximum atomic E-state index is 12.9. The molecule has 2 amide bonds. The van der Waals surface area contributed by atoms with Gasteiger partial charge in [0, 0.05) is 33.3 Å². The molecule has 0 radical (unpaired) electrons. The molecule has 2 saturated heterocycles. The van der Waals surface area contributed by atoms with Crippen molar-refractivity contribution in [2.45, 2.75) is 31.6 Å². The third kappa shape index (κ3) is 4.40. The third-order valence-electron chi connectivity index (χ3n) is 5.47. The molecule has 0 saturated carbocycles. The fraction of sp³-hybridized carbons (Fsp3) is 0.600. The lowest BCUT2D eigenvalue weighted by Gasteiger charge is -2.38. The van der Waals surface area contributed by atoms with E-state index < -0.39 is 0 Å². The van der Waals surface area contributed by atoms with Crippen molar-refractivity contribution in [2.75, 3.05) is 39.9 Å². The molecule has 3 rings (SSSR count). The maximum absolute atomic E-state index is 12.9. The summed E-state index contributed by atoms with van der Waals surface area (Å²) in [4.78, 5) is 28.7. The van der Waals surface area contributed by atoms with E-state index >= 15 is 0 Å². The lowest BCUT2D eigenvalue weighted by Crippen LogP contribution is -2.49. The molecule has 1 unspecified atom stereocenters. The Morgan fingerprint density at radius 2 is 1.76 bits per heavy atom. The largest absolute Gasteiger partial charge is 0.375 e. The van der Waals surface area contributed by atoms with Crippen LogP contribution in [0.15, 0.2) is 30.3 Å². The molecule has 1 atom stereocenters. The van der Waals surface area contributed by atoms with Crippen LogP contribution in [0.25, 0.3) is 0 Å². The Morgan fingerprint density at radius 1 is 1.04 bits per heavy atom. The highest BCUT2D eigenvalue weighted by molar-refractivity contribution is 5.82. The van der Waals surface area contributed by atoms with Crippen LogP contribution >= 0.6 is 0 Å². The van der Waals surface area contributed by atoms with Crippen LogP contribution in [-0.4, -0.2) is 61.5 Å². The number of methoxy groups -OCH3 is 1. The lowest BCUT2D eigenvalue weighted by molar-refractivity contribution is -0.143. The van der Waals surface area contributed by atoms with E-state index in [4.69, 9.17) is 4.74 Å². The number of ether oxygens (including phenoxy) is 1. The van der Waals surface area contributed by atoms with E-state index in [0.29, 0.717) is 12.5 Å².